The number of carbonyl (C=O) groups excluding carboxylic acids is 2. The molecule has 4 rings (SSSR count). The lowest BCUT2D eigenvalue weighted by Crippen LogP contribution is -3.14. The number of rotatable bonds is 6. The van der Waals surface area contributed by atoms with E-state index in [1.165, 1.54) is 16.2 Å². The number of ether oxygens (including phenoxy) is 1. The van der Waals surface area contributed by atoms with Crippen LogP contribution < -0.4 is 4.90 Å². The summed E-state index contributed by atoms with van der Waals surface area (Å²) in [5, 5.41) is 11.5. The van der Waals surface area contributed by atoms with Gasteiger partial charge in [0, 0.05) is 12.4 Å². The second-order valence-electron chi connectivity index (χ2n) is 7.53. The second kappa shape index (κ2) is 8.63. The molecule has 30 heavy (non-hydrogen) atoms. The van der Waals surface area contributed by atoms with Crippen LogP contribution in [0.1, 0.15) is 32.0 Å². The van der Waals surface area contributed by atoms with E-state index < -0.39 is 17.7 Å². The van der Waals surface area contributed by atoms with Gasteiger partial charge in [-0.3, -0.25) is 14.6 Å². The summed E-state index contributed by atoms with van der Waals surface area (Å²) in [7, 11) is 0. The van der Waals surface area contributed by atoms with Gasteiger partial charge in [-0.05, 0) is 31.5 Å². The topological polar surface area (TPSA) is 97.1 Å². The first-order valence-electron chi connectivity index (χ1n) is 10.0. The molecule has 0 spiro atoms. The number of morpholine rings is 1. The molecule has 1 unspecified atom stereocenters. The zero-order chi connectivity index (χ0) is 21.3. The standard InChI is InChI=1S/C21H24N4O4S/c1-13-20(30-14(2)23-13)18(26)16-17(15-3-5-22-6-4-15)25(21(28)19(16)27)8-7-24-9-11-29-12-10-24/h3-6,17,27H,7-12H2,1-2H3/p+1. The van der Waals surface area contributed by atoms with E-state index in [1.54, 1.807) is 36.4 Å². The zero-order valence-electron chi connectivity index (χ0n) is 17.1. The highest BCUT2D eigenvalue weighted by molar-refractivity contribution is 7.14. The quantitative estimate of drug-likeness (QED) is 0.655. The maximum absolute atomic E-state index is 13.4. The number of hydrogen-bond donors (Lipinski definition) is 2. The molecule has 1 fully saturated rings. The van der Waals surface area contributed by atoms with Gasteiger partial charge in [-0.15, -0.1) is 11.3 Å². The van der Waals surface area contributed by atoms with E-state index in [0.29, 0.717) is 30.3 Å². The van der Waals surface area contributed by atoms with Crippen molar-refractivity contribution in [1.82, 2.24) is 14.9 Å². The lowest BCUT2D eigenvalue weighted by molar-refractivity contribution is -0.907. The first-order chi connectivity index (χ1) is 14.5. The summed E-state index contributed by atoms with van der Waals surface area (Å²) in [4.78, 5) is 38.2. The number of pyridine rings is 1. The van der Waals surface area contributed by atoms with Crippen LogP contribution in [0.25, 0.3) is 0 Å². The lowest BCUT2D eigenvalue weighted by atomic mass is 9.96. The predicted molar refractivity (Wildman–Crippen MR) is 111 cm³/mol. The van der Waals surface area contributed by atoms with E-state index >= 15 is 0 Å². The average Bonchev–Trinajstić information content (AvgIpc) is 3.23. The molecular weight excluding hydrogens is 404 g/mol. The Kier molecular flexibility index (Phi) is 5.94. The van der Waals surface area contributed by atoms with E-state index in [9.17, 15) is 14.7 Å². The van der Waals surface area contributed by atoms with Gasteiger partial charge in [-0.25, -0.2) is 4.98 Å². The molecule has 2 aliphatic heterocycles. The Morgan fingerprint density at radius 2 is 2.00 bits per heavy atom. The summed E-state index contributed by atoms with van der Waals surface area (Å²) in [5.41, 5.74) is 1.48. The highest BCUT2D eigenvalue weighted by atomic mass is 32.1. The smallest absolute Gasteiger partial charge is 0.290 e. The monoisotopic (exact) mass is 429 g/mol. The predicted octanol–water partition coefficient (Wildman–Crippen LogP) is 0.648. The number of aliphatic hydroxyl groups excluding tert-OH is 1. The molecule has 0 saturated carbocycles. The van der Waals surface area contributed by atoms with E-state index in [1.807, 2.05) is 6.92 Å². The summed E-state index contributed by atoms with van der Waals surface area (Å²) in [6.45, 7) is 7.93. The summed E-state index contributed by atoms with van der Waals surface area (Å²) in [6, 6.07) is 2.92. The number of aliphatic hydroxyl groups is 1. The van der Waals surface area contributed by atoms with Gasteiger partial charge >= 0.3 is 0 Å². The SMILES string of the molecule is Cc1nc(C)c(C(=O)C2=C(O)C(=O)N(CC[NH+]3CCOCC3)C2c2ccncc2)s1. The van der Waals surface area contributed by atoms with Crippen molar-refractivity contribution in [3.63, 3.8) is 0 Å². The molecule has 0 bridgehead atoms. The lowest BCUT2D eigenvalue weighted by Gasteiger charge is -2.29. The van der Waals surface area contributed by atoms with E-state index in [4.69, 9.17) is 4.74 Å². The number of carbonyl (C=O) groups is 2. The Balaban J connectivity index is 1.67. The van der Waals surface area contributed by atoms with Gasteiger partial charge in [0.05, 0.1) is 53.5 Å². The molecule has 8 nitrogen and oxygen atoms in total. The highest BCUT2D eigenvalue weighted by Gasteiger charge is 2.44. The highest BCUT2D eigenvalue weighted by Crippen LogP contribution is 2.39. The van der Waals surface area contributed by atoms with E-state index in [2.05, 4.69) is 9.97 Å². The first kappa shape index (κ1) is 20.6. The third-order valence-corrected chi connectivity index (χ3v) is 6.66. The van der Waals surface area contributed by atoms with Gasteiger partial charge in [-0.2, -0.15) is 0 Å². The maximum Gasteiger partial charge on any atom is 0.290 e. The van der Waals surface area contributed by atoms with Crippen LogP contribution in [0.4, 0.5) is 0 Å². The van der Waals surface area contributed by atoms with Crippen molar-refractivity contribution < 1.29 is 24.3 Å². The number of Topliss-reactive ketones (excluding diaryl/α,β-unsaturated/α-hetero) is 1. The summed E-state index contributed by atoms with van der Waals surface area (Å²) >= 11 is 1.28. The Hall–Kier alpha value is -2.62. The fourth-order valence-electron chi connectivity index (χ4n) is 4.06. The van der Waals surface area contributed by atoms with Gasteiger partial charge < -0.3 is 19.6 Å². The van der Waals surface area contributed by atoms with Crippen LogP contribution in [-0.4, -0.2) is 71.1 Å². The van der Waals surface area contributed by atoms with E-state index in [0.717, 1.165) is 30.2 Å². The van der Waals surface area contributed by atoms with Crippen molar-refractivity contribution in [2.24, 2.45) is 0 Å². The van der Waals surface area contributed by atoms with Crippen LogP contribution in [0.2, 0.25) is 0 Å². The Morgan fingerprint density at radius 1 is 1.30 bits per heavy atom. The number of quaternary nitrogens is 1. The fourth-order valence-corrected chi connectivity index (χ4v) is 4.94. The minimum atomic E-state index is -0.643. The van der Waals surface area contributed by atoms with Crippen LogP contribution >= 0.6 is 11.3 Å². The first-order valence-corrected chi connectivity index (χ1v) is 10.8. The van der Waals surface area contributed by atoms with E-state index in [-0.39, 0.29) is 11.4 Å². The summed E-state index contributed by atoms with van der Waals surface area (Å²) in [5.74, 6) is -1.32. The molecule has 1 saturated heterocycles. The second-order valence-corrected chi connectivity index (χ2v) is 8.74. The molecule has 2 N–H and O–H groups in total. The third-order valence-electron chi connectivity index (χ3n) is 5.59. The molecule has 1 atom stereocenters. The van der Waals surface area contributed by atoms with Crippen molar-refractivity contribution in [3.05, 3.63) is 57.0 Å². The van der Waals surface area contributed by atoms with Crippen LogP contribution in [0, 0.1) is 13.8 Å². The van der Waals surface area contributed by atoms with Crippen molar-refractivity contribution in [2.75, 3.05) is 39.4 Å². The molecule has 1 amide bonds. The van der Waals surface area contributed by atoms with Crippen molar-refractivity contribution in [3.8, 4) is 0 Å². The number of aromatic nitrogens is 2. The van der Waals surface area contributed by atoms with Crippen molar-refractivity contribution in [2.45, 2.75) is 19.9 Å². The molecular formula is C21H25N4O4S+. The van der Waals surface area contributed by atoms with Gasteiger partial charge in [0.25, 0.3) is 5.91 Å². The molecule has 4 heterocycles. The minimum absolute atomic E-state index is 0.120. The molecule has 2 aliphatic rings. The van der Waals surface area contributed by atoms with Crippen LogP contribution in [0.3, 0.4) is 0 Å². The normalized spacial score (nSPS) is 20.3. The van der Waals surface area contributed by atoms with Crippen molar-refractivity contribution >= 4 is 23.0 Å². The number of aryl methyl sites for hydroxylation is 2. The minimum Gasteiger partial charge on any atom is -0.503 e. The number of amides is 1. The third kappa shape index (κ3) is 3.88. The number of thiazole rings is 1. The van der Waals surface area contributed by atoms with Crippen LogP contribution in [0.5, 0.6) is 0 Å². The van der Waals surface area contributed by atoms with Gasteiger partial charge in [-0.1, -0.05) is 0 Å². The Bertz CT molecular complexity index is 982. The Morgan fingerprint density at radius 3 is 2.63 bits per heavy atom. The molecule has 2 aromatic heterocycles. The van der Waals surface area contributed by atoms with Crippen molar-refractivity contribution in [1.29, 1.82) is 0 Å². The largest absolute Gasteiger partial charge is 0.503 e. The zero-order valence-corrected chi connectivity index (χ0v) is 17.9. The molecule has 9 heteroatoms. The average molecular weight is 430 g/mol. The molecule has 0 aliphatic carbocycles. The maximum atomic E-state index is 13.4. The molecule has 0 aromatic carbocycles. The summed E-state index contributed by atoms with van der Waals surface area (Å²) < 4.78 is 5.40. The molecule has 0 radical (unpaired) electrons. The van der Waals surface area contributed by atoms with Crippen LogP contribution in [0.15, 0.2) is 35.9 Å². The fraction of sp³-hybridized carbons (Fsp3) is 0.429. The number of ketones is 1. The molecule has 158 valence electrons. The number of nitrogens with one attached hydrogen (secondary N) is 1. The number of nitrogens with zero attached hydrogens (tertiary/aromatic N) is 3. The van der Waals surface area contributed by atoms with Gasteiger partial charge in [0.2, 0.25) is 5.78 Å². The number of hydrogen-bond acceptors (Lipinski definition) is 7. The Labute approximate surface area is 178 Å². The summed E-state index contributed by atoms with van der Waals surface area (Å²) in [6.07, 6.45) is 3.26. The van der Waals surface area contributed by atoms with Gasteiger partial charge in [0.15, 0.2) is 5.76 Å². The van der Waals surface area contributed by atoms with Crippen LogP contribution in [-0.2, 0) is 9.53 Å². The van der Waals surface area contributed by atoms with Gasteiger partial charge in [0.1, 0.15) is 13.1 Å². The molecule has 2 aromatic rings.